The molecule has 2 heterocycles. The summed E-state index contributed by atoms with van der Waals surface area (Å²) in [7, 11) is 0. The van der Waals surface area contributed by atoms with Gasteiger partial charge in [-0.05, 0) is 12.1 Å². The van der Waals surface area contributed by atoms with Crippen molar-refractivity contribution in [2.75, 3.05) is 13.2 Å². The van der Waals surface area contributed by atoms with Crippen LogP contribution in [0.4, 0.5) is 0 Å². The lowest BCUT2D eigenvalue weighted by Gasteiger charge is -2.34. The molecule has 1 unspecified atom stereocenters. The maximum atomic E-state index is 5.63. The molecule has 13 heavy (non-hydrogen) atoms. The Morgan fingerprint density at radius 1 is 1.54 bits per heavy atom. The Morgan fingerprint density at radius 2 is 2.38 bits per heavy atom. The third-order valence-electron chi connectivity index (χ3n) is 2.21. The molecule has 0 spiro atoms. The molecule has 1 atom stereocenters. The highest BCUT2D eigenvalue weighted by atomic mass is 16.5. The van der Waals surface area contributed by atoms with E-state index in [0.29, 0.717) is 0 Å². The van der Waals surface area contributed by atoms with E-state index in [0.717, 1.165) is 18.9 Å². The molecule has 3 nitrogen and oxygen atoms in total. The second-order valence-electron chi connectivity index (χ2n) is 4.25. The van der Waals surface area contributed by atoms with Gasteiger partial charge >= 0.3 is 0 Å². The molecular formula is C10H15NO2. The van der Waals surface area contributed by atoms with Crippen LogP contribution in [0.1, 0.15) is 25.8 Å². The van der Waals surface area contributed by atoms with E-state index < -0.39 is 0 Å². The van der Waals surface area contributed by atoms with E-state index in [1.54, 1.807) is 6.26 Å². The highest BCUT2D eigenvalue weighted by Crippen LogP contribution is 2.26. The zero-order valence-corrected chi connectivity index (χ0v) is 8.04. The van der Waals surface area contributed by atoms with Crippen LogP contribution in [-0.2, 0) is 4.74 Å². The van der Waals surface area contributed by atoms with Gasteiger partial charge in [-0.3, -0.25) is 5.32 Å². The number of hydrogen-bond acceptors (Lipinski definition) is 3. The Balaban J connectivity index is 1.99. The maximum Gasteiger partial charge on any atom is 0.167 e. The first kappa shape index (κ1) is 8.78. The van der Waals surface area contributed by atoms with Crippen LogP contribution in [0.3, 0.4) is 0 Å². The van der Waals surface area contributed by atoms with E-state index in [-0.39, 0.29) is 11.6 Å². The second kappa shape index (κ2) is 3.16. The zero-order chi connectivity index (χ0) is 9.31. The first-order valence-corrected chi connectivity index (χ1v) is 4.56. The Labute approximate surface area is 78.1 Å². The minimum Gasteiger partial charge on any atom is -0.465 e. The smallest absolute Gasteiger partial charge is 0.167 e. The van der Waals surface area contributed by atoms with Gasteiger partial charge in [0.1, 0.15) is 5.76 Å². The standard InChI is InChI=1S/C10H15NO2/c1-10(2)6-11-9(13-7-10)8-4-3-5-12-8/h3-5,9,11H,6-7H2,1-2H3. The highest BCUT2D eigenvalue weighted by molar-refractivity contribution is 5.02. The fourth-order valence-electron chi connectivity index (χ4n) is 1.41. The van der Waals surface area contributed by atoms with E-state index in [9.17, 15) is 0 Å². The van der Waals surface area contributed by atoms with Crippen molar-refractivity contribution in [3.63, 3.8) is 0 Å². The summed E-state index contributed by atoms with van der Waals surface area (Å²) in [6.45, 7) is 6.08. The largest absolute Gasteiger partial charge is 0.465 e. The molecule has 1 N–H and O–H groups in total. The number of nitrogens with one attached hydrogen (secondary N) is 1. The van der Waals surface area contributed by atoms with Gasteiger partial charge in [0, 0.05) is 12.0 Å². The van der Waals surface area contributed by atoms with Gasteiger partial charge in [-0.2, -0.15) is 0 Å². The van der Waals surface area contributed by atoms with E-state index in [4.69, 9.17) is 9.15 Å². The van der Waals surface area contributed by atoms with E-state index in [1.165, 1.54) is 0 Å². The minimum absolute atomic E-state index is 0.0666. The Morgan fingerprint density at radius 3 is 2.92 bits per heavy atom. The molecule has 0 bridgehead atoms. The van der Waals surface area contributed by atoms with Crippen LogP contribution in [0.15, 0.2) is 22.8 Å². The summed E-state index contributed by atoms with van der Waals surface area (Å²) in [5, 5.41) is 3.30. The summed E-state index contributed by atoms with van der Waals surface area (Å²) in [5.74, 6) is 0.857. The van der Waals surface area contributed by atoms with Crippen molar-refractivity contribution in [3.8, 4) is 0 Å². The monoisotopic (exact) mass is 181 g/mol. The molecular weight excluding hydrogens is 166 g/mol. The summed E-state index contributed by atoms with van der Waals surface area (Å²) < 4.78 is 10.9. The molecule has 1 aliphatic rings. The lowest BCUT2D eigenvalue weighted by atomic mass is 9.93. The summed E-state index contributed by atoms with van der Waals surface area (Å²) in [6.07, 6.45) is 1.60. The third-order valence-corrected chi connectivity index (χ3v) is 2.21. The zero-order valence-electron chi connectivity index (χ0n) is 8.04. The average molecular weight is 181 g/mol. The van der Waals surface area contributed by atoms with Crippen molar-refractivity contribution in [2.24, 2.45) is 5.41 Å². The van der Waals surface area contributed by atoms with Crippen LogP contribution < -0.4 is 5.32 Å². The van der Waals surface area contributed by atoms with Crippen LogP contribution in [0.2, 0.25) is 0 Å². The summed E-state index contributed by atoms with van der Waals surface area (Å²) >= 11 is 0. The normalized spacial score (nSPS) is 27.4. The van der Waals surface area contributed by atoms with E-state index >= 15 is 0 Å². The predicted octanol–water partition coefficient (Wildman–Crippen LogP) is 1.92. The van der Waals surface area contributed by atoms with Gasteiger partial charge in [0.25, 0.3) is 0 Å². The number of hydrogen-bond donors (Lipinski definition) is 1. The van der Waals surface area contributed by atoms with Crippen LogP contribution in [-0.4, -0.2) is 13.2 Å². The van der Waals surface area contributed by atoms with Crippen molar-refractivity contribution in [2.45, 2.75) is 20.1 Å². The van der Waals surface area contributed by atoms with Crippen molar-refractivity contribution in [3.05, 3.63) is 24.2 Å². The molecule has 3 heteroatoms. The van der Waals surface area contributed by atoms with E-state index in [1.807, 2.05) is 12.1 Å². The van der Waals surface area contributed by atoms with Crippen LogP contribution in [0.25, 0.3) is 0 Å². The average Bonchev–Trinajstić information content (AvgIpc) is 2.56. The van der Waals surface area contributed by atoms with Gasteiger partial charge in [-0.1, -0.05) is 13.8 Å². The van der Waals surface area contributed by atoms with Crippen molar-refractivity contribution >= 4 is 0 Å². The molecule has 0 aliphatic carbocycles. The molecule has 1 saturated heterocycles. The summed E-state index contributed by atoms with van der Waals surface area (Å²) in [5.41, 5.74) is 0.225. The fraction of sp³-hybridized carbons (Fsp3) is 0.600. The van der Waals surface area contributed by atoms with Gasteiger partial charge in [-0.25, -0.2) is 0 Å². The van der Waals surface area contributed by atoms with Gasteiger partial charge < -0.3 is 9.15 Å². The lowest BCUT2D eigenvalue weighted by Crippen LogP contribution is -2.42. The summed E-state index contributed by atoms with van der Waals surface area (Å²) in [6, 6.07) is 3.80. The quantitative estimate of drug-likeness (QED) is 0.718. The van der Waals surface area contributed by atoms with Gasteiger partial charge in [0.2, 0.25) is 0 Å². The molecule has 1 aliphatic heterocycles. The first-order valence-electron chi connectivity index (χ1n) is 4.56. The Bertz CT molecular complexity index is 256. The molecule has 72 valence electrons. The molecule has 2 rings (SSSR count). The minimum atomic E-state index is -0.0666. The number of ether oxygens (including phenoxy) is 1. The third kappa shape index (κ3) is 1.92. The first-order chi connectivity index (χ1) is 6.17. The van der Waals surface area contributed by atoms with Crippen molar-refractivity contribution in [1.29, 1.82) is 0 Å². The fourth-order valence-corrected chi connectivity index (χ4v) is 1.41. The van der Waals surface area contributed by atoms with Gasteiger partial charge in [-0.15, -0.1) is 0 Å². The van der Waals surface area contributed by atoms with Crippen LogP contribution >= 0.6 is 0 Å². The van der Waals surface area contributed by atoms with Crippen molar-refractivity contribution < 1.29 is 9.15 Å². The van der Waals surface area contributed by atoms with Crippen LogP contribution in [0, 0.1) is 5.41 Å². The molecule has 0 saturated carbocycles. The van der Waals surface area contributed by atoms with Crippen LogP contribution in [0.5, 0.6) is 0 Å². The second-order valence-corrected chi connectivity index (χ2v) is 4.25. The van der Waals surface area contributed by atoms with Gasteiger partial charge in [0.15, 0.2) is 6.23 Å². The Kier molecular flexibility index (Phi) is 2.14. The predicted molar refractivity (Wildman–Crippen MR) is 49.2 cm³/mol. The lowest BCUT2D eigenvalue weighted by molar-refractivity contribution is -0.0687. The van der Waals surface area contributed by atoms with Gasteiger partial charge in [0.05, 0.1) is 12.9 Å². The molecule has 1 aromatic heterocycles. The SMILES string of the molecule is CC1(C)CNC(c2ccco2)OC1. The topological polar surface area (TPSA) is 34.4 Å². The summed E-state index contributed by atoms with van der Waals surface area (Å²) in [4.78, 5) is 0. The maximum absolute atomic E-state index is 5.63. The van der Waals surface area contributed by atoms with E-state index in [2.05, 4.69) is 19.2 Å². The number of rotatable bonds is 1. The number of furan rings is 1. The molecule has 0 radical (unpaired) electrons. The molecule has 0 aromatic carbocycles. The highest BCUT2D eigenvalue weighted by Gasteiger charge is 2.28. The molecule has 1 aromatic rings. The molecule has 1 fully saturated rings. The van der Waals surface area contributed by atoms with Crippen molar-refractivity contribution in [1.82, 2.24) is 5.32 Å². The Hall–Kier alpha value is -0.800. The molecule has 0 amide bonds.